The average Bonchev–Trinajstić information content (AvgIpc) is 2.68. The number of amides is 2. The first kappa shape index (κ1) is 23.5. The van der Waals surface area contributed by atoms with Gasteiger partial charge in [0.1, 0.15) is 6.04 Å². The zero-order valence-electron chi connectivity index (χ0n) is 16.6. The molecule has 4 nitrogen and oxygen atoms in total. The summed E-state index contributed by atoms with van der Waals surface area (Å²) in [4.78, 5) is 27.3. The van der Waals surface area contributed by atoms with Gasteiger partial charge in [-0.25, -0.2) is 0 Å². The maximum Gasteiger partial charge on any atom is 0.242 e. The van der Waals surface area contributed by atoms with Gasteiger partial charge in [-0.3, -0.25) is 9.59 Å². The number of benzene rings is 2. The number of hydrogen-bond acceptors (Lipinski definition) is 2. The molecule has 1 N–H and O–H groups in total. The van der Waals surface area contributed by atoms with Crippen molar-refractivity contribution >= 4 is 46.6 Å². The van der Waals surface area contributed by atoms with E-state index in [9.17, 15) is 9.59 Å². The molecule has 156 valence electrons. The van der Waals surface area contributed by atoms with E-state index < -0.39 is 6.04 Å². The van der Waals surface area contributed by atoms with E-state index >= 15 is 0 Å². The lowest BCUT2D eigenvalue weighted by molar-refractivity contribution is -0.140. The zero-order chi connectivity index (χ0) is 21.4. The summed E-state index contributed by atoms with van der Waals surface area (Å²) in [5.74, 6) is -0.357. The number of halogens is 3. The predicted octanol–water partition coefficient (Wildman–Crippen LogP) is 5.52. The van der Waals surface area contributed by atoms with Gasteiger partial charge in [0.2, 0.25) is 11.8 Å². The fraction of sp³-hybridized carbons (Fsp3) is 0.364. The van der Waals surface area contributed by atoms with Crippen LogP contribution in [0.2, 0.25) is 15.1 Å². The lowest BCUT2D eigenvalue weighted by Gasteiger charge is -2.29. The van der Waals surface area contributed by atoms with E-state index in [1.54, 1.807) is 42.2 Å². The first-order chi connectivity index (χ1) is 13.8. The van der Waals surface area contributed by atoms with Crippen molar-refractivity contribution in [2.24, 2.45) is 0 Å². The molecule has 29 heavy (non-hydrogen) atoms. The quantitative estimate of drug-likeness (QED) is 0.506. The number of carbonyl (C=O) groups excluding carboxylic acids is 2. The van der Waals surface area contributed by atoms with Gasteiger partial charge in [0.25, 0.3) is 0 Å². The van der Waals surface area contributed by atoms with Crippen molar-refractivity contribution in [2.75, 3.05) is 6.54 Å². The highest BCUT2D eigenvalue weighted by Crippen LogP contribution is 2.23. The fourth-order valence-electron chi connectivity index (χ4n) is 2.88. The number of carbonyl (C=O) groups is 2. The summed E-state index contributed by atoms with van der Waals surface area (Å²) in [5.41, 5.74) is 1.59. The van der Waals surface area contributed by atoms with Crippen molar-refractivity contribution in [3.63, 3.8) is 0 Å². The van der Waals surface area contributed by atoms with Crippen LogP contribution in [0.25, 0.3) is 0 Å². The molecule has 0 heterocycles. The van der Waals surface area contributed by atoms with Gasteiger partial charge in [0.05, 0.1) is 16.5 Å². The maximum atomic E-state index is 13.1. The second-order valence-electron chi connectivity index (χ2n) is 6.90. The highest BCUT2D eigenvalue weighted by molar-refractivity contribution is 6.42. The van der Waals surface area contributed by atoms with Crippen LogP contribution in [0.3, 0.4) is 0 Å². The van der Waals surface area contributed by atoms with Crippen LogP contribution in [0.15, 0.2) is 42.5 Å². The van der Waals surface area contributed by atoms with E-state index in [2.05, 4.69) is 12.2 Å². The molecule has 0 aromatic heterocycles. The Labute approximate surface area is 187 Å². The molecular formula is C22H25Cl3N2O2. The molecule has 0 bridgehead atoms. The Hall–Kier alpha value is -1.75. The van der Waals surface area contributed by atoms with Crippen LogP contribution in [-0.2, 0) is 22.6 Å². The van der Waals surface area contributed by atoms with E-state index in [-0.39, 0.29) is 24.8 Å². The van der Waals surface area contributed by atoms with Gasteiger partial charge in [0.15, 0.2) is 0 Å². The second-order valence-corrected chi connectivity index (χ2v) is 8.15. The zero-order valence-corrected chi connectivity index (χ0v) is 18.8. The van der Waals surface area contributed by atoms with E-state index in [1.165, 1.54) is 0 Å². The van der Waals surface area contributed by atoms with Gasteiger partial charge in [-0.1, -0.05) is 66.3 Å². The summed E-state index contributed by atoms with van der Waals surface area (Å²) in [7, 11) is 0. The topological polar surface area (TPSA) is 49.4 Å². The molecule has 0 saturated heterocycles. The Bertz CT molecular complexity index is 858. The van der Waals surface area contributed by atoms with Crippen LogP contribution >= 0.6 is 34.8 Å². The minimum atomic E-state index is -0.624. The van der Waals surface area contributed by atoms with Crippen molar-refractivity contribution in [1.82, 2.24) is 10.2 Å². The molecule has 0 unspecified atom stereocenters. The van der Waals surface area contributed by atoms with Gasteiger partial charge in [-0.2, -0.15) is 0 Å². The van der Waals surface area contributed by atoms with Crippen molar-refractivity contribution in [3.05, 3.63) is 68.7 Å². The number of nitrogens with zero attached hydrogens (tertiary/aromatic N) is 1. The molecule has 2 rings (SSSR count). The van der Waals surface area contributed by atoms with Crippen LogP contribution < -0.4 is 5.32 Å². The average molecular weight is 456 g/mol. The number of rotatable bonds is 9. The van der Waals surface area contributed by atoms with Crippen molar-refractivity contribution in [1.29, 1.82) is 0 Å². The molecule has 7 heteroatoms. The normalized spacial score (nSPS) is 11.8. The molecule has 0 fully saturated rings. The third-order valence-electron chi connectivity index (χ3n) is 4.58. The Kier molecular flexibility index (Phi) is 9.28. The van der Waals surface area contributed by atoms with Crippen LogP contribution in [0.4, 0.5) is 0 Å². The Morgan fingerprint density at radius 3 is 2.45 bits per heavy atom. The molecule has 0 aliphatic carbocycles. The lowest BCUT2D eigenvalue weighted by Crippen LogP contribution is -2.48. The standard InChI is InChI=1S/C22H25Cl3N2O2/c1-3-4-10-26-22(29)15(2)27(14-17-6-5-7-18(23)11-17)21(28)13-16-8-9-19(24)20(25)12-16/h5-9,11-12,15H,3-4,10,13-14H2,1-2H3,(H,26,29)/t15-/m0/s1. The van der Waals surface area contributed by atoms with Gasteiger partial charge in [-0.15, -0.1) is 0 Å². The summed E-state index contributed by atoms with van der Waals surface area (Å²) < 4.78 is 0. The van der Waals surface area contributed by atoms with E-state index in [0.717, 1.165) is 24.0 Å². The smallest absolute Gasteiger partial charge is 0.242 e. The van der Waals surface area contributed by atoms with E-state index in [4.69, 9.17) is 34.8 Å². The Morgan fingerprint density at radius 2 is 1.79 bits per heavy atom. The van der Waals surface area contributed by atoms with E-state index in [0.29, 0.717) is 21.6 Å². The SMILES string of the molecule is CCCCNC(=O)[C@H](C)N(Cc1cccc(Cl)c1)C(=O)Cc1ccc(Cl)c(Cl)c1. The van der Waals surface area contributed by atoms with Gasteiger partial charge in [-0.05, 0) is 48.7 Å². The molecule has 0 spiro atoms. The molecular weight excluding hydrogens is 431 g/mol. The fourth-order valence-corrected chi connectivity index (χ4v) is 3.41. The minimum absolute atomic E-state index is 0.115. The number of nitrogens with one attached hydrogen (secondary N) is 1. The van der Waals surface area contributed by atoms with Crippen molar-refractivity contribution < 1.29 is 9.59 Å². The van der Waals surface area contributed by atoms with Gasteiger partial charge < -0.3 is 10.2 Å². The Morgan fingerprint density at radius 1 is 1.03 bits per heavy atom. The molecule has 2 amide bonds. The maximum absolute atomic E-state index is 13.1. The monoisotopic (exact) mass is 454 g/mol. The third kappa shape index (κ3) is 7.22. The molecule has 2 aromatic rings. The van der Waals surface area contributed by atoms with Crippen molar-refractivity contribution in [2.45, 2.75) is 45.7 Å². The number of unbranched alkanes of at least 4 members (excludes halogenated alkanes) is 1. The molecule has 0 saturated carbocycles. The molecule has 2 aromatic carbocycles. The molecule has 1 atom stereocenters. The minimum Gasteiger partial charge on any atom is -0.354 e. The predicted molar refractivity (Wildman–Crippen MR) is 120 cm³/mol. The van der Waals surface area contributed by atoms with Crippen LogP contribution in [-0.4, -0.2) is 29.3 Å². The van der Waals surface area contributed by atoms with E-state index in [1.807, 2.05) is 12.1 Å². The molecule has 0 aliphatic rings. The molecule has 0 radical (unpaired) electrons. The largest absolute Gasteiger partial charge is 0.354 e. The summed E-state index contributed by atoms with van der Waals surface area (Å²) in [6.45, 7) is 4.66. The highest BCUT2D eigenvalue weighted by atomic mass is 35.5. The van der Waals surface area contributed by atoms with Crippen LogP contribution in [0, 0.1) is 0 Å². The highest BCUT2D eigenvalue weighted by Gasteiger charge is 2.26. The van der Waals surface area contributed by atoms with Crippen molar-refractivity contribution in [3.8, 4) is 0 Å². The van der Waals surface area contributed by atoms with Gasteiger partial charge >= 0.3 is 0 Å². The Balaban J connectivity index is 2.20. The number of hydrogen-bond donors (Lipinski definition) is 1. The summed E-state index contributed by atoms with van der Waals surface area (Å²) in [6, 6.07) is 11.7. The van der Waals surface area contributed by atoms with Crippen LogP contribution in [0.5, 0.6) is 0 Å². The summed E-state index contributed by atoms with van der Waals surface area (Å²) in [5, 5.41) is 4.31. The first-order valence-corrected chi connectivity index (χ1v) is 10.7. The lowest BCUT2D eigenvalue weighted by atomic mass is 10.1. The third-order valence-corrected chi connectivity index (χ3v) is 5.55. The first-order valence-electron chi connectivity index (χ1n) is 9.57. The summed E-state index contributed by atoms with van der Waals surface area (Å²) in [6.07, 6.45) is 1.99. The second kappa shape index (κ2) is 11.4. The van der Waals surface area contributed by atoms with Gasteiger partial charge in [0, 0.05) is 18.1 Å². The molecule has 0 aliphatic heterocycles. The van der Waals surface area contributed by atoms with Crippen LogP contribution in [0.1, 0.15) is 37.8 Å². The summed E-state index contributed by atoms with van der Waals surface area (Å²) >= 11 is 18.1.